The summed E-state index contributed by atoms with van der Waals surface area (Å²) in [6, 6.07) is 5.78. The average molecular weight is 234 g/mol. The van der Waals surface area contributed by atoms with Gasteiger partial charge in [0, 0.05) is 0 Å². The summed E-state index contributed by atoms with van der Waals surface area (Å²) in [7, 11) is 1.65. The second-order valence-corrected chi connectivity index (χ2v) is 4.66. The van der Waals surface area contributed by atoms with Crippen LogP contribution in [0.3, 0.4) is 0 Å². The van der Waals surface area contributed by atoms with Gasteiger partial charge in [-0.2, -0.15) is 0 Å². The Hall–Kier alpha value is -1.51. The molecule has 0 heterocycles. The second-order valence-electron chi connectivity index (χ2n) is 4.66. The molecule has 0 spiro atoms. The number of hydrogen-bond donors (Lipinski definition) is 1. The molecule has 0 aliphatic heterocycles. The summed E-state index contributed by atoms with van der Waals surface area (Å²) in [5, 5.41) is 9.27. The van der Waals surface area contributed by atoms with E-state index in [0.717, 1.165) is 42.6 Å². The molecular formula is C14H18O3. The van der Waals surface area contributed by atoms with E-state index in [1.54, 1.807) is 7.11 Å². The van der Waals surface area contributed by atoms with E-state index in [1.807, 2.05) is 18.2 Å². The molecular weight excluding hydrogens is 216 g/mol. The van der Waals surface area contributed by atoms with Crippen LogP contribution in [0, 0.1) is 0 Å². The zero-order valence-electron chi connectivity index (χ0n) is 10.3. The summed E-state index contributed by atoms with van der Waals surface area (Å²) in [6.45, 7) is 2.11. The van der Waals surface area contributed by atoms with Gasteiger partial charge in [0.2, 0.25) is 0 Å². The summed E-state index contributed by atoms with van der Waals surface area (Å²) in [5.74, 6) is 0.155. The third-order valence-corrected chi connectivity index (χ3v) is 3.51. The van der Waals surface area contributed by atoms with E-state index >= 15 is 0 Å². The first-order valence-electron chi connectivity index (χ1n) is 6.05. The minimum absolute atomic E-state index is 0.616. The molecule has 1 aliphatic carbocycles. The first kappa shape index (κ1) is 12.0. The van der Waals surface area contributed by atoms with Gasteiger partial charge in [-0.15, -0.1) is 0 Å². The van der Waals surface area contributed by atoms with E-state index in [9.17, 15) is 9.90 Å². The fourth-order valence-electron chi connectivity index (χ4n) is 2.29. The maximum atomic E-state index is 11.3. The molecule has 1 aliphatic rings. The van der Waals surface area contributed by atoms with E-state index in [-0.39, 0.29) is 0 Å². The standard InChI is InChI=1S/C14H18O3/c1-3-4-10-9-11(5-6-12(10)17-2)14(7-8-14)13(15)16/h5-6,9H,3-4,7-8H2,1-2H3,(H,15,16). The van der Waals surface area contributed by atoms with Gasteiger partial charge >= 0.3 is 5.97 Å². The molecule has 1 N–H and O–H groups in total. The van der Waals surface area contributed by atoms with Crippen molar-refractivity contribution in [1.29, 1.82) is 0 Å². The Morgan fingerprint density at radius 2 is 2.18 bits per heavy atom. The first-order chi connectivity index (χ1) is 8.14. The Labute approximate surface area is 101 Å². The molecule has 0 amide bonds. The molecule has 1 saturated carbocycles. The number of methoxy groups -OCH3 is 1. The SMILES string of the molecule is CCCc1cc(C2(C(=O)O)CC2)ccc1OC. The van der Waals surface area contributed by atoms with Crippen molar-refractivity contribution in [3.05, 3.63) is 29.3 Å². The monoisotopic (exact) mass is 234 g/mol. The van der Waals surface area contributed by atoms with Crippen LogP contribution in [0.5, 0.6) is 5.75 Å². The Balaban J connectivity index is 2.37. The van der Waals surface area contributed by atoms with E-state index < -0.39 is 11.4 Å². The largest absolute Gasteiger partial charge is 0.496 e. The normalized spacial score (nSPS) is 16.6. The van der Waals surface area contributed by atoms with Crippen molar-refractivity contribution >= 4 is 5.97 Å². The lowest BCUT2D eigenvalue weighted by Crippen LogP contribution is -2.19. The predicted octanol–water partition coefficient (Wildman–Crippen LogP) is 2.76. The van der Waals surface area contributed by atoms with Crippen LogP contribution >= 0.6 is 0 Å². The Kier molecular flexibility index (Phi) is 3.09. The van der Waals surface area contributed by atoms with Gasteiger partial charge in [-0.05, 0) is 36.5 Å². The topological polar surface area (TPSA) is 46.5 Å². The number of carbonyl (C=O) groups is 1. The van der Waals surface area contributed by atoms with Crippen LogP contribution < -0.4 is 4.74 Å². The molecule has 0 aromatic heterocycles. The lowest BCUT2D eigenvalue weighted by atomic mass is 9.93. The van der Waals surface area contributed by atoms with E-state index in [1.165, 1.54) is 0 Å². The number of rotatable bonds is 5. The van der Waals surface area contributed by atoms with Crippen molar-refractivity contribution in [3.63, 3.8) is 0 Å². The zero-order valence-corrected chi connectivity index (χ0v) is 10.3. The summed E-state index contributed by atoms with van der Waals surface area (Å²) < 4.78 is 5.30. The Morgan fingerprint density at radius 1 is 1.47 bits per heavy atom. The van der Waals surface area contributed by atoms with Crippen molar-refractivity contribution in [3.8, 4) is 5.75 Å². The summed E-state index contributed by atoms with van der Waals surface area (Å²) >= 11 is 0. The number of hydrogen-bond acceptors (Lipinski definition) is 2. The van der Waals surface area contributed by atoms with Crippen LogP contribution in [0.25, 0.3) is 0 Å². The Bertz CT molecular complexity index is 433. The number of aliphatic carboxylic acids is 1. The van der Waals surface area contributed by atoms with Crippen LogP contribution in [0.2, 0.25) is 0 Å². The van der Waals surface area contributed by atoms with E-state index in [4.69, 9.17) is 4.74 Å². The number of aryl methyl sites for hydroxylation is 1. The number of benzene rings is 1. The van der Waals surface area contributed by atoms with E-state index in [2.05, 4.69) is 6.92 Å². The average Bonchev–Trinajstić information content (AvgIpc) is 3.10. The highest BCUT2D eigenvalue weighted by molar-refractivity contribution is 5.85. The van der Waals surface area contributed by atoms with Crippen LogP contribution in [0.15, 0.2) is 18.2 Å². The summed E-state index contributed by atoms with van der Waals surface area (Å²) in [4.78, 5) is 11.3. The summed E-state index contributed by atoms with van der Waals surface area (Å²) in [6.07, 6.45) is 3.45. The highest BCUT2D eigenvalue weighted by Gasteiger charge is 2.51. The van der Waals surface area contributed by atoms with Crippen LogP contribution in [-0.2, 0) is 16.6 Å². The van der Waals surface area contributed by atoms with Gasteiger partial charge in [0.25, 0.3) is 0 Å². The van der Waals surface area contributed by atoms with Gasteiger partial charge in [-0.25, -0.2) is 0 Å². The Morgan fingerprint density at radius 3 is 2.65 bits per heavy atom. The van der Waals surface area contributed by atoms with Gasteiger partial charge < -0.3 is 9.84 Å². The maximum Gasteiger partial charge on any atom is 0.314 e. The smallest absolute Gasteiger partial charge is 0.314 e. The predicted molar refractivity (Wildman–Crippen MR) is 65.5 cm³/mol. The molecule has 3 heteroatoms. The second kappa shape index (κ2) is 4.40. The summed E-state index contributed by atoms with van der Waals surface area (Å²) in [5.41, 5.74) is 1.42. The molecule has 0 bridgehead atoms. The number of carboxylic acids is 1. The molecule has 1 aromatic carbocycles. The minimum Gasteiger partial charge on any atom is -0.496 e. The molecule has 3 nitrogen and oxygen atoms in total. The molecule has 2 rings (SSSR count). The first-order valence-corrected chi connectivity index (χ1v) is 6.05. The fourth-order valence-corrected chi connectivity index (χ4v) is 2.29. The van der Waals surface area contributed by atoms with Crippen LogP contribution in [0.4, 0.5) is 0 Å². The highest BCUT2D eigenvalue weighted by Crippen LogP contribution is 2.49. The lowest BCUT2D eigenvalue weighted by Gasteiger charge is -2.14. The van der Waals surface area contributed by atoms with Crippen LogP contribution in [-0.4, -0.2) is 18.2 Å². The van der Waals surface area contributed by atoms with Crippen molar-refractivity contribution in [2.75, 3.05) is 7.11 Å². The minimum atomic E-state index is -0.704. The molecule has 1 fully saturated rings. The number of carboxylic acid groups (broad SMARTS) is 1. The maximum absolute atomic E-state index is 11.3. The molecule has 0 radical (unpaired) electrons. The van der Waals surface area contributed by atoms with E-state index in [0.29, 0.717) is 0 Å². The van der Waals surface area contributed by atoms with Gasteiger partial charge in [0.1, 0.15) is 5.75 Å². The number of ether oxygens (including phenoxy) is 1. The van der Waals surface area contributed by atoms with Gasteiger partial charge in [-0.3, -0.25) is 4.79 Å². The molecule has 17 heavy (non-hydrogen) atoms. The quantitative estimate of drug-likeness (QED) is 0.852. The van der Waals surface area contributed by atoms with Crippen LogP contribution in [0.1, 0.15) is 37.3 Å². The third kappa shape index (κ3) is 2.02. The van der Waals surface area contributed by atoms with Crippen molar-refractivity contribution in [1.82, 2.24) is 0 Å². The molecule has 92 valence electrons. The fraction of sp³-hybridized carbons (Fsp3) is 0.500. The molecule has 0 unspecified atom stereocenters. The zero-order chi connectivity index (χ0) is 12.5. The van der Waals surface area contributed by atoms with Gasteiger partial charge in [0.05, 0.1) is 12.5 Å². The molecule has 1 aromatic rings. The van der Waals surface area contributed by atoms with Crippen molar-refractivity contribution in [2.45, 2.75) is 38.0 Å². The van der Waals surface area contributed by atoms with Gasteiger partial charge in [-0.1, -0.05) is 25.5 Å². The third-order valence-electron chi connectivity index (χ3n) is 3.51. The van der Waals surface area contributed by atoms with Crippen molar-refractivity contribution in [2.24, 2.45) is 0 Å². The van der Waals surface area contributed by atoms with Gasteiger partial charge in [0.15, 0.2) is 0 Å². The molecule has 0 saturated heterocycles. The highest BCUT2D eigenvalue weighted by atomic mass is 16.5. The molecule has 0 atom stereocenters. The van der Waals surface area contributed by atoms with Crippen molar-refractivity contribution < 1.29 is 14.6 Å². The lowest BCUT2D eigenvalue weighted by molar-refractivity contribution is -0.140.